The molecule has 2 N–H and O–H groups in total. The molecular weight excluding hydrogens is 304 g/mol. The molecule has 0 unspecified atom stereocenters. The van der Waals surface area contributed by atoms with Crippen LogP contribution in [0.5, 0.6) is 5.75 Å². The summed E-state index contributed by atoms with van der Waals surface area (Å²) in [4.78, 5) is 17.1. The van der Waals surface area contributed by atoms with Gasteiger partial charge in [-0.2, -0.15) is 0 Å². The average Bonchev–Trinajstić information content (AvgIpc) is 3.05. The first-order valence-corrected chi connectivity index (χ1v) is 8.36. The van der Waals surface area contributed by atoms with Crippen LogP contribution in [-0.2, 0) is 6.42 Å². The van der Waals surface area contributed by atoms with Gasteiger partial charge in [0.2, 0.25) is 0 Å². The summed E-state index contributed by atoms with van der Waals surface area (Å²) in [6, 6.07) is 11.1. The number of ether oxygens (including phenoxy) is 1. The number of aromatic nitrogens is 1. The first-order valence-electron chi connectivity index (χ1n) is 8.36. The number of carbonyl (C=O) groups is 1. The van der Waals surface area contributed by atoms with Crippen molar-refractivity contribution in [2.24, 2.45) is 5.92 Å². The number of rotatable bonds is 4. The number of carbonyl (C=O) groups excluding carboxylic acids is 1. The van der Waals surface area contributed by atoms with Crippen molar-refractivity contribution < 1.29 is 14.6 Å². The van der Waals surface area contributed by atoms with Crippen molar-refractivity contribution in [2.45, 2.75) is 31.4 Å². The molecule has 2 aromatic rings. The molecule has 5 nitrogen and oxygen atoms in total. The zero-order chi connectivity index (χ0) is 16.5. The topological polar surface area (TPSA) is 71.5 Å². The molecule has 5 heteroatoms. The summed E-state index contributed by atoms with van der Waals surface area (Å²) in [6.07, 6.45) is 3.69. The Kier molecular flexibility index (Phi) is 3.94. The van der Waals surface area contributed by atoms with E-state index in [-0.39, 0.29) is 24.0 Å². The lowest BCUT2D eigenvalue weighted by Gasteiger charge is -2.37. The van der Waals surface area contributed by atoms with Gasteiger partial charge in [-0.25, -0.2) is 0 Å². The molecule has 1 aromatic heterocycles. The fraction of sp³-hybridized carbons (Fsp3) is 0.368. The lowest BCUT2D eigenvalue weighted by Crippen LogP contribution is -2.41. The highest BCUT2D eigenvalue weighted by atomic mass is 16.5. The van der Waals surface area contributed by atoms with Gasteiger partial charge in [0, 0.05) is 18.2 Å². The molecule has 1 amide bonds. The van der Waals surface area contributed by atoms with E-state index in [9.17, 15) is 9.90 Å². The molecule has 2 aliphatic rings. The first kappa shape index (κ1) is 15.1. The smallest absolute Gasteiger partial charge is 0.251 e. The van der Waals surface area contributed by atoms with Crippen LogP contribution >= 0.6 is 0 Å². The summed E-state index contributed by atoms with van der Waals surface area (Å²) in [6.45, 7) is 0.678. The molecule has 24 heavy (non-hydrogen) atoms. The fourth-order valence-corrected chi connectivity index (χ4v) is 3.45. The highest BCUT2D eigenvalue weighted by molar-refractivity contribution is 5.95. The number of amides is 1. The van der Waals surface area contributed by atoms with E-state index in [4.69, 9.17) is 4.74 Å². The molecule has 0 spiro atoms. The van der Waals surface area contributed by atoms with Gasteiger partial charge in [0.05, 0.1) is 24.4 Å². The van der Waals surface area contributed by atoms with Crippen molar-refractivity contribution in [1.29, 1.82) is 0 Å². The van der Waals surface area contributed by atoms with Gasteiger partial charge in [-0.1, -0.05) is 6.07 Å². The number of fused-ring (bicyclic) bond motifs is 1. The third-order valence-electron chi connectivity index (χ3n) is 4.87. The number of aliphatic hydroxyl groups is 1. The minimum absolute atomic E-state index is 0.109. The van der Waals surface area contributed by atoms with Crippen LogP contribution in [0.3, 0.4) is 0 Å². The fourth-order valence-electron chi connectivity index (χ4n) is 3.45. The molecule has 2 heterocycles. The number of nitrogens with one attached hydrogen (secondary N) is 1. The van der Waals surface area contributed by atoms with Crippen molar-refractivity contribution in [3.05, 3.63) is 59.4 Å². The monoisotopic (exact) mass is 324 g/mol. The summed E-state index contributed by atoms with van der Waals surface area (Å²) >= 11 is 0. The van der Waals surface area contributed by atoms with Crippen LogP contribution in [0.15, 0.2) is 42.6 Å². The SMILES string of the molecule is O=C(N[C@@H](c1ccccn1)C1CC(O)C1)c1ccc2c(c1)CCO2. The van der Waals surface area contributed by atoms with Gasteiger partial charge in [0.15, 0.2) is 0 Å². The third-order valence-corrected chi connectivity index (χ3v) is 4.87. The molecule has 1 atom stereocenters. The minimum Gasteiger partial charge on any atom is -0.493 e. The third kappa shape index (κ3) is 2.87. The van der Waals surface area contributed by atoms with E-state index in [1.807, 2.05) is 30.3 Å². The lowest BCUT2D eigenvalue weighted by molar-refractivity contribution is 0.0228. The first-order chi connectivity index (χ1) is 11.7. The molecule has 124 valence electrons. The van der Waals surface area contributed by atoms with Crippen molar-refractivity contribution in [3.63, 3.8) is 0 Å². The second-order valence-electron chi connectivity index (χ2n) is 6.51. The number of hydrogen-bond acceptors (Lipinski definition) is 4. The Hall–Kier alpha value is -2.40. The van der Waals surface area contributed by atoms with Gasteiger partial charge in [0.25, 0.3) is 5.91 Å². The standard InChI is InChI=1S/C19H20N2O3/c22-15-10-14(11-15)18(16-3-1-2-7-20-16)21-19(23)13-4-5-17-12(9-13)6-8-24-17/h1-5,7,9,14-15,18,22H,6,8,10-11H2,(H,21,23)/t14?,15?,18-/m1/s1. The second kappa shape index (κ2) is 6.24. The average molecular weight is 324 g/mol. The quantitative estimate of drug-likeness (QED) is 0.905. The number of hydrogen-bond donors (Lipinski definition) is 2. The Balaban J connectivity index is 1.55. The molecule has 0 radical (unpaired) electrons. The maximum atomic E-state index is 12.7. The summed E-state index contributed by atoms with van der Waals surface area (Å²) in [5.41, 5.74) is 2.56. The normalized spacial score (nSPS) is 22.9. The molecule has 4 rings (SSSR count). The summed E-state index contributed by atoms with van der Waals surface area (Å²) in [5, 5.41) is 12.7. The van der Waals surface area contributed by atoms with E-state index < -0.39 is 0 Å². The van der Waals surface area contributed by atoms with Crippen LogP contribution in [0.4, 0.5) is 0 Å². The Morgan fingerprint density at radius 3 is 2.92 bits per heavy atom. The van der Waals surface area contributed by atoms with Gasteiger partial charge in [-0.05, 0) is 54.7 Å². The number of nitrogens with zero attached hydrogens (tertiary/aromatic N) is 1. The number of pyridine rings is 1. The Labute approximate surface area is 140 Å². The second-order valence-corrected chi connectivity index (χ2v) is 6.51. The summed E-state index contributed by atoms with van der Waals surface area (Å²) in [5.74, 6) is 0.980. The minimum atomic E-state index is -0.268. The van der Waals surface area contributed by atoms with Gasteiger partial charge >= 0.3 is 0 Å². The molecule has 1 aliphatic heterocycles. The zero-order valence-corrected chi connectivity index (χ0v) is 13.3. The summed E-state index contributed by atoms with van der Waals surface area (Å²) in [7, 11) is 0. The van der Waals surface area contributed by atoms with E-state index in [0.29, 0.717) is 25.0 Å². The van der Waals surface area contributed by atoms with Gasteiger partial charge in [-0.3, -0.25) is 9.78 Å². The largest absolute Gasteiger partial charge is 0.493 e. The van der Waals surface area contributed by atoms with Gasteiger partial charge in [-0.15, -0.1) is 0 Å². The van der Waals surface area contributed by atoms with E-state index in [2.05, 4.69) is 10.3 Å². The molecule has 0 bridgehead atoms. The number of aliphatic hydroxyl groups excluding tert-OH is 1. The predicted molar refractivity (Wildman–Crippen MR) is 88.8 cm³/mol. The highest BCUT2D eigenvalue weighted by Gasteiger charge is 2.36. The molecule has 1 fully saturated rings. The van der Waals surface area contributed by atoms with E-state index in [0.717, 1.165) is 23.4 Å². The zero-order valence-electron chi connectivity index (χ0n) is 13.3. The maximum absolute atomic E-state index is 12.7. The summed E-state index contributed by atoms with van der Waals surface area (Å²) < 4.78 is 5.49. The van der Waals surface area contributed by atoms with E-state index in [1.165, 1.54) is 0 Å². The Morgan fingerprint density at radius 2 is 2.17 bits per heavy atom. The lowest BCUT2D eigenvalue weighted by atomic mass is 9.76. The van der Waals surface area contributed by atoms with E-state index >= 15 is 0 Å². The van der Waals surface area contributed by atoms with Crippen molar-refractivity contribution in [1.82, 2.24) is 10.3 Å². The molecule has 0 saturated heterocycles. The van der Waals surface area contributed by atoms with Gasteiger partial charge in [0.1, 0.15) is 5.75 Å². The number of benzene rings is 1. The molecular formula is C19H20N2O3. The molecule has 1 aromatic carbocycles. The highest BCUT2D eigenvalue weighted by Crippen LogP contribution is 2.37. The van der Waals surface area contributed by atoms with E-state index in [1.54, 1.807) is 12.3 Å². The maximum Gasteiger partial charge on any atom is 0.251 e. The predicted octanol–water partition coefficient (Wildman–Crippen LogP) is 2.26. The van der Waals surface area contributed by atoms with Crippen LogP contribution in [-0.4, -0.2) is 28.7 Å². The molecule has 1 saturated carbocycles. The Morgan fingerprint density at radius 1 is 1.29 bits per heavy atom. The van der Waals surface area contributed by atoms with Crippen molar-refractivity contribution >= 4 is 5.91 Å². The Bertz CT molecular complexity index is 742. The van der Waals surface area contributed by atoms with Crippen LogP contribution in [0.25, 0.3) is 0 Å². The molecule has 1 aliphatic carbocycles. The van der Waals surface area contributed by atoms with Crippen molar-refractivity contribution in [3.8, 4) is 5.75 Å². The van der Waals surface area contributed by atoms with Gasteiger partial charge < -0.3 is 15.2 Å². The van der Waals surface area contributed by atoms with Crippen molar-refractivity contribution in [2.75, 3.05) is 6.61 Å². The van der Waals surface area contributed by atoms with Crippen LogP contribution < -0.4 is 10.1 Å². The van der Waals surface area contributed by atoms with Crippen LogP contribution in [0.2, 0.25) is 0 Å². The van der Waals surface area contributed by atoms with Crippen LogP contribution in [0, 0.1) is 5.92 Å². The van der Waals surface area contributed by atoms with Crippen LogP contribution in [0.1, 0.15) is 40.5 Å².